The number of nitrogens with one attached hydrogen (secondary N) is 4. The molecule has 8 aromatic rings. The number of aromatic nitrogens is 8. The van der Waals surface area contributed by atoms with Gasteiger partial charge in [0, 0.05) is 64.3 Å². The third-order valence-electron chi connectivity index (χ3n) is 23.3. The van der Waals surface area contributed by atoms with Gasteiger partial charge in [0.1, 0.15) is 0 Å². The Morgan fingerprint density at radius 3 is 0.896 bits per heavy atom. The standard InChI is InChI=1S/C96H118N8S2/c1-19-37-39-41-45-57-49-59(47-43-44-48-76-91-72(33-15)68(29-11)85(101-91)53-81-64(25-7)60(21-3)77(97-81)51-78-61(22-4)65(26-8)82(98-78)54-86-69(30-12)73(34-16)92(76)102-86)105-95(57)96-58(46-42-40-38-20-2)50-89(106-96)90-93-74(35-17)70(31-13)87(103-93)55-83-66(27-9)62(23-5)79(99-83)52-80-63(24-6)67(28-10)84(100-80)56-88-71(32-14)75(36-18)94(90)104-88/h49-56,97-100H,19-42,45-46H2,1-18H3. The Labute approximate surface area is 642 Å². The minimum absolute atomic E-state index is 0.823. The van der Waals surface area contributed by atoms with Gasteiger partial charge in [-0.1, -0.05) is 163 Å². The number of rotatable bonds is 28. The molecule has 554 valence electrons. The Bertz CT molecular complexity index is 5060. The summed E-state index contributed by atoms with van der Waals surface area (Å²) in [7, 11) is 0. The van der Waals surface area contributed by atoms with Crippen LogP contribution in [0.1, 0.15) is 339 Å². The number of hydrogen-bond donors (Lipinski definition) is 4. The normalized spacial score (nSPS) is 13.1. The third kappa shape index (κ3) is 14.6. The molecule has 0 radical (unpaired) electrons. The molecule has 0 amide bonds. The Hall–Kier alpha value is -8.28. The van der Waals surface area contributed by atoms with Gasteiger partial charge in [-0.05, 0) is 301 Å². The van der Waals surface area contributed by atoms with Crippen LogP contribution in [-0.2, 0) is 64.2 Å². The highest BCUT2D eigenvalue weighted by Crippen LogP contribution is 2.51. The summed E-state index contributed by atoms with van der Waals surface area (Å²) in [6.45, 7) is 41.5. The summed E-state index contributed by atoms with van der Waals surface area (Å²) in [6, 6.07) is 19.3. The number of aryl methyl sites for hydroxylation is 10. The van der Waals surface area contributed by atoms with Crippen LogP contribution in [0.2, 0.25) is 0 Å². The van der Waals surface area contributed by atoms with Crippen LogP contribution in [0.25, 0.3) is 109 Å². The zero-order valence-electron chi connectivity index (χ0n) is 67.6. The van der Waals surface area contributed by atoms with Crippen LogP contribution < -0.4 is 0 Å². The number of thiophene rings is 2. The summed E-state index contributed by atoms with van der Waals surface area (Å²) in [5.41, 5.74) is 43.8. The largest absolute Gasteiger partial charge is 0.355 e. The zero-order valence-corrected chi connectivity index (χ0v) is 69.2. The molecule has 106 heavy (non-hydrogen) atoms. The summed E-state index contributed by atoms with van der Waals surface area (Å²) in [5, 5.41) is 0. The van der Waals surface area contributed by atoms with E-state index in [0.29, 0.717) is 0 Å². The smallest absolute Gasteiger partial charge is 0.0851 e. The summed E-state index contributed by atoms with van der Waals surface area (Å²) in [4.78, 5) is 44.5. The number of nitrogens with zero attached hydrogens (tertiary/aromatic N) is 4. The van der Waals surface area contributed by atoms with Gasteiger partial charge in [0.2, 0.25) is 0 Å². The van der Waals surface area contributed by atoms with Crippen molar-refractivity contribution in [2.75, 3.05) is 0 Å². The van der Waals surface area contributed by atoms with Gasteiger partial charge in [-0.3, -0.25) is 0 Å². The highest BCUT2D eigenvalue weighted by Gasteiger charge is 2.32. The van der Waals surface area contributed by atoms with Gasteiger partial charge in [0.15, 0.2) is 0 Å². The number of allylic oxidation sites excluding steroid dienone is 8. The van der Waals surface area contributed by atoms with Crippen molar-refractivity contribution >= 4 is 111 Å². The van der Waals surface area contributed by atoms with Gasteiger partial charge in [-0.2, -0.15) is 0 Å². The Morgan fingerprint density at radius 2 is 0.575 bits per heavy atom. The van der Waals surface area contributed by atoms with E-state index in [2.05, 4.69) is 217 Å². The van der Waals surface area contributed by atoms with Crippen molar-refractivity contribution in [1.29, 1.82) is 0 Å². The quantitative estimate of drug-likeness (QED) is 0.0289. The number of fused-ring (bicyclic) bond motifs is 16. The van der Waals surface area contributed by atoms with E-state index < -0.39 is 0 Å². The van der Waals surface area contributed by atoms with Crippen LogP contribution in [0.4, 0.5) is 0 Å². The van der Waals surface area contributed by atoms with Crippen molar-refractivity contribution in [2.24, 2.45) is 0 Å². The second kappa shape index (κ2) is 34.7. The average molecular weight is 1450 g/mol. The van der Waals surface area contributed by atoms with Gasteiger partial charge in [-0.25, -0.2) is 19.9 Å². The van der Waals surface area contributed by atoms with Crippen LogP contribution >= 0.6 is 22.7 Å². The molecule has 16 bridgehead atoms. The molecule has 4 N–H and O–H groups in total. The number of hydrogen-bond acceptors (Lipinski definition) is 6. The van der Waals surface area contributed by atoms with E-state index in [4.69, 9.17) is 19.9 Å². The van der Waals surface area contributed by atoms with Crippen LogP contribution in [0.3, 0.4) is 0 Å². The maximum absolute atomic E-state index is 5.98. The Morgan fingerprint density at radius 1 is 0.283 bits per heavy atom. The maximum atomic E-state index is 5.98. The van der Waals surface area contributed by atoms with Crippen LogP contribution in [0.15, 0.2) is 48.5 Å². The van der Waals surface area contributed by atoms with Crippen molar-refractivity contribution < 1.29 is 0 Å². The first kappa shape index (κ1) is 77.3. The van der Waals surface area contributed by atoms with Crippen LogP contribution in [-0.4, -0.2) is 39.9 Å². The predicted molar refractivity (Wildman–Crippen MR) is 463 cm³/mol. The molecule has 4 aliphatic rings. The van der Waals surface area contributed by atoms with Gasteiger partial charge in [0.05, 0.1) is 56.0 Å². The van der Waals surface area contributed by atoms with E-state index in [1.54, 1.807) is 0 Å². The third-order valence-corrected chi connectivity index (χ3v) is 25.8. The highest BCUT2D eigenvalue weighted by atomic mass is 32.1. The van der Waals surface area contributed by atoms with Gasteiger partial charge in [0.25, 0.3) is 0 Å². The molecule has 0 spiro atoms. The van der Waals surface area contributed by atoms with Crippen LogP contribution in [0.5, 0.6) is 0 Å². The topological polar surface area (TPSA) is 115 Å². The lowest BCUT2D eigenvalue weighted by atomic mass is 9.92. The fourth-order valence-corrected chi connectivity index (χ4v) is 20.7. The lowest BCUT2D eigenvalue weighted by molar-refractivity contribution is 0.666. The monoisotopic (exact) mass is 1450 g/mol. The van der Waals surface area contributed by atoms with Gasteiger partial charge in [-0.15, -0.1) is 22.7 Å². The summed E-state index contributed by atoms with van der Waals surface area (Å²) < 4.78 is 0. The minimum atomic E-state index is 0.823. The molecule has 10 heteroatoms. The van der Waals surface area contributed by atoms with Crippen molar-refractivity contribution in [3.8, 4) is 43.9 Å². The lowest BCUT2D eigenvalue weighted by Gasteiger charge is -2.11. The van der Waals surface area contributed by atoms with E-state index in [-0.39, 0.29) is 0 Å². The molecule has 8 aromatic heterocycles. The van der Waals surface area contributed by atoms with Gasteiger partial charge >= 0.3 is 0 Å². The predicted octanol–water partition coefficient (Wildman–Crippen LogP) is 27.5. The molecular formula is C96H118N8S2. The van der Waals surface area contributed by atoms with Crippen molar-refractivity contribution in [3.63, 3.8) is 0 Å². The van der Waals surface area contributed by atoms with E-state index in [1.165, 1.54) is 192 Å². The molecule has 4 aliphatic heterocycles. The SMILES string of the molecule is CCCCCCc1cc(C#CC#Cc2c3nc(cc4[nH]c(cc5[nH]c(cc6nc2C(CC)=C6CC)c(CC)c5CC)c(CC)c4CC)C(CC)=C3CC)sc1-c1sc(-c2c3nc(cc4[nH]c(cc5[nH]c(cc6nc2C(CC)=C6CC)c(CC)c5CC)c(CC)c4CC)C(CC)=C3CC)cc1CCCCCC. The molecule has 0 atom stereocenters. The summed E-state index contributed by atoms with van der Waals surface area (Å²) in [6.07, 6.45) is 25.8. The molecular weight excluding hydrogens is 1330 g/mol. The first-order valence-corrected chi connectivity index (χ1v) is 43.2. The van der Waals surface area contributed by atoms with E-state index in [1.807, 2.05) is 22.7 Å². The van der Waals surface area contributed by atoms with Crippen molar-refractivity contribution in [3.05, 3.63) is 160 Å². The van der Waals surface area contributed by atoms with E-state index >= 15 is 0 Å². The number of unbranched alkanes of at least 4 members (excludes halogenated alkanes) is 6. The molecule has 0 unspecified atom stereocenters. The molecule has 0 fully saturated rings. The zero-order chi connectivity index (χ0) is 75.0. The fourth-order valence-electron chi connectivity index (χ4n) is 18.2. The van der Waals surface area contributed by atoms with E-state index in [0.717, 1.165) is 195 Å². The van der Waals surface area contributed by atoms with Gasteiger partial charge < -0.3 is 19.9 Å². The maximum Gasteiger partial charge on any atom is 0.0851 e. The molecule has 12 heterocycles. The fraction of sp³-hybridized carbons (Fsp3) is 0.458. The average Bonchev–Trinajstić information content (AvgIpc) is 1.59. The highest BCUT2D eigenvalue weighted by molar-refractivity contribution is 7.24. The first-order chi connectivity index (χ1) is 51.8. The van der Waals surface area contributed by atoms with E-state index in [9.17, 15) is 0 Å². The second-order valence-corrected chi connectivity index (χ2v) is 31.3. The lowest BCUT2D eigenvalue weighted by Crippen LogP contribution is -1.95. The first-order valence-electron chi connectivity index (χ1n) is 41.6. The summed E-state index contributed by atoms with van der Waals surface area (Å²) >= 11 is 3.85. The summed E-state index contributed by atoms with van der Waals surface area (Å²) in [5.74, 6) is 14.6. The Kier molecular flexibility index (Phi) is 25.3. The molecule has 12 rings (SSSR count). The molecule has 8 nitrogen and oxygen atoms in total. The van der Waals surface area contributed by atoms with Crippen molar-refractivity contribution in [1.82, 2.24) is 39.9 Å². The second-order valence-electron chi connectivity index (χ2n) is 29.2. The molecule has 0 aliphatic carbocycles. The number of H-pyrrole nitrogens is 4. The number of aromatic amines is 4. The van der Waals surface area contributed by atoms with Crippen LogP contribution in [0, 0.1) is 23.7 Å². The molecule has 0 aromatic carbocycles. The minimum Gasteiger partial charge on any atom is -0.355 e. The molecule has 0 saturated heterocycles. The molecule has 0 saturated carbocycles. The van der Waals surface area contributed by atoms with Crippen molar-refractivity contribution in [2.45, 2.75) is 292 Å². The Balaban J connectivity index is 1.11.